The molecule has 8 heteroatoms. The molecule has 1 aliphatic carbocycles. The van der Waals surface area contributed by atoms with Gasteiger partial charge in [0.15, 0.2) is 7.98 Å². The largest absolute Gasteiger partial charge is 0.480 e. The zero-order chi connectivity index (χ0) is 18.7. The molecule has 2 radical (unpaired) electrons. The maximum absolute atomic E-state index is 13.0. The summed E-state index contributed by atoms with van der Waals surface area (Å²) in [6, 6.07) is -2.76. The Morgan fingerprint density at radius 3 is 2.44 bits per heavy atom. The molecule has 1 amide bonds. The number of hydrogen-bond donors (Lipinski definition) is 2. The Bertz CT molecular complexity index is 529. The normalized spacial score (nSPS) is 28.4. The number of carbonyl (C=O) groups excluding carboxylic acids is 1. The molecule has 0 spiro atoms. The van der Waals surface area contributed by atoms with E-state index in [1.54, 1.807) is 6.92 Å². The molecule has 5 atom stereocenters. The number of aliphatic carboxylic acids is 2. The SMILES string of the molecule is [B]N([C@@H](C)C(=O)N1[C@H](C(=O)O)C[C@@H]2CCCC[C@@H]21)[C@@H](CCC)C(=O)O. The molecule has 0 bridgehead atoms. The summed E-state index contributed by atoms with van der Waals surface area (Å²) in [5.41, 5.74) is 0. The molecule has 7 nitrogen and oxygen atoms in total. The number of likely N-dealkylation sites (tertiary alicyclic amines) is 1. The van der Waals surface area contributed by atoms with Crippen molar-refractivity contribution in [2.45, 2.75) is 83.0 Å². The minimum atomic E-state index is -1.07. The fraction of sp³-hybridized carbons (Fsp3) is 0.824. The second-order valence-corrected chi connectivity index (χ2v) is 7.21. The van der Waals surface area contributed by atoms with Gasteiger partial charge in [-0.1, -0.05) is 26.2 Å². The van der Waals surface area contributed by atoms with Crippen LogP contribution in [0.25, 0.3) is 0 Å². The number of carbonyl (C=O) groups is 3. The van der Waals surface area contributed by atoms with Crippen molar-refractivity contribution in [3.63, 3.8) is 0 Å². The predicted molar refractivity (Wildman–Crippen MR) is 92.0 cm³/mol. The van der Waals surface area contributed by atoms with Gasteiger partial charge in [0.1, 0.15) is 6.04 Å². The minimum absolute atomic E-state index is 0.0762. The highest BCUT2D eigenvalue weighted by Crippen LogP contribution is 2.40. The molecule has 2 fully saturated rings. The molecule has 2 rings (SSSR count). The van der Waals surface area contributed by atoms with Gasteiger partial charge in [-0.3, -0.25) is 9.59 Å². The van der Waals surface area contributed by atoms with Crippen LogP contribution in [0.2, 0.25) is 0 Å². The summed E-state index contributed by atoms with van der Waals surface area (Å²) in [7, 11) is 5.96. The van der Waals surface area contributed by atoms with Gasteiger partial charge in [0.25, 0.3) is 0 Å². The number of carboxylic acids is 2. The summed E-state index contributed by atoms with van der Waals surface area (Å²) in [5, 5.41) is 18.9. The average Bonchev–Trinajstić information content (AvgIpc) is 2.97. The summed E-state index contributed by atoms with van der Waals surface area (Å²) in [6.07, 6.45) is 5.20. The Morgan fingerprint density at radius 2 is 1.88 bits per heavy atom. The van der Waals surface area contributed by atoms with E-state index in [2.05, 4.69) is 0 Å². The van der Waals surface area contributed by atoms with Crippen molar-refractivity contribution in [2.75, 3.05) is 0 Å². The van der Waals surface area contributed by atoms with E-state index >= 15 is 0 Å². The van der Waals surface area contributed by atoms with E-state index in [4.69, 9.17) is 7.98 Å². The van der Waals surface area contributed by atoms with Crippen LogP contribution >= 0.6 is 0 Å². The molecular formula is C17H27BN2O5. The Hall–Kier alpha value is -1.57. The van der Waals surface area contributed by atoms with Gasteiger partial charge < -0.3 is 19.9 Å². The van der Waals surface area contributed by atoms with E-state index in [9.17, 15) is 24.6 Å². The Labute approximate surface area is 149 Å². The first-order chi connectivity index (χ1) is 11.8. The molecule has 1 heterocycles. The number of amides is 1. The monoisotopic (exact) mass is 350 g/mol. The molecule has 2 aliphatic rings. The maximum atomic E-state index is 13.0. The Morgan fingerprint density at radius 1 is 1.24 bits per heavy atom. The average molecular weight is 350 g/mol. The Balaban J connectivity index is 2.20. The van der Waals surface area contributed by atoms with Crippen LogP contribution in [-0.2, 0) is 14.4 Å². The predicted octanol–water partition coefficient (Wildman–Crippen LogP) is 1.26. The van der Waals surface area contributed by atoms with Crippen LogP contribution in [0.15, 0.2) is 0 Å². The molecule has 0 aromatic heterocycles. The lowest BCUT2D eigenvalue weighted by atomic mass is 9.84. The fourth-order valence-corrected chi connectivity index (χ4v) is 4.28. The topological polar surface area (TPSA) is 98.2 Å². The molecule has 0 aromatic carbocycles. The number of fused-ring (bicyclic) bond motifs is 1. The molecule has 2 N–H and O–H groups in total. The first kappa shape index (κ1) is 19.8. The van der Waals surface area contributed by atoms with Crippen molar-refractivity contribution in [2.24, 2.45) is 5.92 Å². The molecule has 0 unspecified atom stereocenters. The number of carboxylic acid groups (broad SMARTS) is 2. The van der Waals surface area contributed by atoms with E-state index in [-0.39, 0.29) is 17.9 Å². The van der Waals surface area contributed by atoms with Crippen molar-refractivity contribution < 1.29 is 24.6 Å². The second kappa shape index (κ2) is 8.21. The molecule has 1 aliphatic heterocycles. The van der Waals surface area contributed by atoms with E-state index < -0.39 is 30.1 Å². The minimum Gasteiger partial charge on any atom is -0.480 e. The van der Waals surface area contributed by atoms with Gasteiger partial charge >= 0.3 is 11.9 Å². The highest BCUT2D eigenvalue weighted by atomic mass is 16.4. The number of nitrogens with zero attached hydrogens (tertiary/aromatic N) is 2. The lowest BCUT2D eigenvalue weighted by Gasteiger charge is -2.38. The lowest BCUT2D eigenvalue weighted by Crippen LogP contribution is -2.56. The molecule has 138 valence electrons. The zero-order valence-electron chi connectivity index (χ0n) is 14.9. The lowest BCUT2D eigenvalue weighted by molar-refractivity contribution is -0.153. The molecule has 0 aromatic rings. The first-order valence-corrected chi connectivity index (χ1v) is 9.10. The van der Waals surface area contributed by atoms with Crippen molar-refractivity contribution in [1.29, 1.82) is 0 Å². The standard InChI is InChI=1S/C17H27BN2O5/c1-3-6-13(16(22)23)20(18)10(2)15(21)19-12-8-5-4-7-11(12)9-14(19)17(24)25/h10-14H,3-9H2,1-2H3,(H,22,23)(H,24,25)/t10-,11-,12-,13-,14-/m0/s1. The first-order valence-electron chi connectivity index (χ1n) is 9.10. The quantitative estimate of drug-likeness (QED) is 0.671. The van der Waals surface area contributed by atoms with Crippen LogP contribution in [0, 0.1) is 5.92 Å². The van der Waals surface area contributed by atoms with Crippen LogP contribution < -0.4 is 0 Å². The third-order valence-electron chi connectivity index (χ3n) is 5.64. The van der Waals surface area contributed by atoms with Gasteiger partial charge in [0.2, 0.25) is 5.91 Å². The van der Waals surface area contributed by atoms with E-state index in [1.807, 2.05) is 6.92 Å². The molecule has 1 saturated heterocycles. The molecule has 25 heavy (non-hydrogen) atoms. The van der Waals surface area contributed by atoms with Gasteiger partial charge in [-0.05, 0) is 38.5 Å². The number of rotatable bonds is 7. The van der Waals surface area contributed by atoms with Crippen LogP contribution in [0.5, 0.6) is 0 Å². The summed E-state index contributed by atoms with van der Waals surface area (Å²) in [6.45, 7) is 3.41. The van der Waals surface area contributed by atoms with Crippen LogP contribution in [0.3, 0.4) is 0 Å². The van der Waals surface area contributed by atoms with Crippen LogP contribution in [-0.4, -0.2) is 69.9 Å². The molecule has 1 saturated carbocycles. The van der Waals surface area contributed by atoms with Gasteiger partial charge in [-0.2, -0.15) is 0 Å². The fourth-order valence-electron chi connectivity index (χ4n) is 4.28. The van der Waals surface area contributed by atoms with Gasteiger partial charge in [-0.15, -0.1) is 0 Å². The highest BCUT2D eigenvalue weighted by Gasteiger charge is 2.49. The highest BCUT2D eigenvalue weighted by molar-refractivity contribution is 6.08. The summed E-state index contributed by atoms with van der Waals surface area (Å²) >= 11 is 0. The van der Waals surface area contributed by atoms with Crippen molar-refractivity contribution in [3.8, 4) is 0 Å². The van der Waals surface area contributed by atoms with E-state index in [0.29, 0.717) is 19.3 Å². The van der Waals surface area contributed by atoms with Crippen LogP contribution in [0.1, 0.15) is 58.8 Å². The smallest absolute Gasteiger partial charge is 0.326 e. The van der Waals surface area contributed by atoms with Gasteiger partial charge in [-0.25, -0.2) is 4.79 Å². The maximum Gasteiger partial charge on any atom is 0.326 e. The van der Waals surface area contributed by atoms with Gasteiger partial charge in [0.05, 0.1) is 12.1 Å². The second-order valence-electron chi connectivity index (χ2n) is 7.21. The van der Waals surface area contributed by atoms with Crippen LogP contribution in [0.4, 0.5) is 0 Å². The van der Waals surface area contributed by atoms with Crippen molar-refractivity contribution >= 4 is 25.8 Å². The Kier molecular flexibility index (Phi) is 6.49. The van der Waals surface area contributed by atoms with Crippen molar-refractivity contribution in [1.82, 2.24) is 9.71 Å². The van der Waals surface area contributed by atoms with E-state index in [0.717, 1.165) is 30.5 Å². The summed E-state index contributed by atoms with van der Waals surface area (Å²) in [4.78, 5) is 38.7. The summed E-state index contributed by atoms with van der Waals surface area (Å²) < 4.78 is 0. The van der Waals surface area contributed by atoms with E-state index in [1.165, 1.54) is 4.90 Å². The summed E-state index contributed by atoms with van der Waals surface area (Å²) in [5.74, 6) is -2.24. The number of hydrogen-bond acceptors (Lipinski definition) is 4. The zero-order valence-corrected chi connectivity index (χ0v) is 14.9. The third kappa shape index (κ3) is 3.99. The van der Waals surface area contributed by atoms with Crippen molar-refractivity contribution in [3.05, 3.63) is 0 Å². The molecular weight excluding hydrogens is 323 g/mol. The third-order valence-corrected chi connectivity index (χ3v) is 5.64. The van der Waals surface area contributed by atoms with Gasteiger partial charge in [0, 0.05) is 6.04 Å².